The summed E-state index contributed by atoms with van der Waals surface area (Å²) in [6.07, 6.45) is 4.52. The van der Waals surface area contributed by atoms with Gasteiger partial charge in [0.05, 0.1) is 34.6 Å². The van der Waals surface area contributed by atoms with Crippen LogP contribution in [0.15, 0.2) is 47.6 Å². The second-order valence-electron chi connectivity index (χ2n) is 9.62. The fourth-order valence-electron chi connectivity index (χ4n) is 4.33. The number of aromatic nitrogens is 2. The third-order valence-electron chi connectivity index (χ3n) is 6.34. The average Bonchev–Trinajstić information content (AvgIpc) is 2.84. The van der Waals surface area contributed by atoms with Gasteiger partial charge in [0.1, 0.15) is 28.8 Å². The Morgan fingerprint density at radius 3 is 2.42 bits per heavy atom. The number of halogens is 3. The lowest BCUT2D eigenvalue weighted by Crippen LogP contribution is -2.39. The van der Waals surface area contributed by atoms with Crippen molar-refractivity contribution in [3.8, 4) is 11.3 Å². The topological polar surface area (TPSA) is 124 Å². The highest BCUT2D eigenvalue weighted by molar-refractivity contribution is 7.90. The van der Waals surface area contributed by atoms with Gasteiger partial charge in [-0.2, -0.15) is 0 Å². The summed E-state index contributed by atoms with van der Waals surface area (Å²) >= 11 is 0. The zero-order valence-corrected chi connectivity index (χ0v) is 21.7. The number of hydrogen-bond acceptors (Lipinski definition) is 7. The van der Waals surface area contributed by atoms with Crippen molar-refractivity contribution in [3.05, 3.63) is 71.4 Å². The Kier molecular flexibility index (Phi) is 7.86. The summed E-state index contributed by atoms with van der Waals surface area (Å²) in [5, 5.41) is 2.67. The van der Waals surface area contributed by atoms with Crippen LogP contribution in [0.3, 0.4) is 0 Å². The zero-order chi connectivity index (χ0) is 27.8. The van der Waals surface area contributed by atoms with E-state index in [1.807, 2.05) is 13.8 Å². The number of nitrogens with two attached hydrogens (primary N) is 1. The first-order valence-corrected chi connectivity index (χ1v) is 13.8. The van der Waals surface area contributed by atoms with Crippen LogP contribution in [0.2, 0.25) is 0 Å². The van der Waals surface area contributed by atoms with Crippen LogP contribution in [-0.4, -0.2) is 42.7 Å². The molecule has 0 radical (unpaired) electrons. The van der Waals surface area contributed by atoms with Gasteiger partial charge in [0.15, 0.2) is 9.84 Å². The molecule has 1 aliphatic rings. The number of ether oxygens (including phenoxy) is 1. The molecule has 0 bridgehead atoms. The van der Waals surface area contributed by atoms with Crippen LogP contribution in [0, 0.1) is 23.4 Å². The van der Waals surface area contributed by atoms with Crippen molar-refractivity contribution in [2.24, 2.45) is 11.7 Å². The molecule has 3 N–H and O–H groups in total. The molecule has 1 amide bonds. The number of nitrogens with zero attached hydrogens (tertiary/aromatic N) is 2. The number of sulfone groups is 1. The summed E-state index contributed by atoms with van der Waals surface area (Å²) in [5.74, 6) is -4.32. The molecule has 0 aliphatic carbocycles. The van der Waals surface area contributed by atoms with Crippen molar-refractivity contribution in [2.45, 2.75) is 49.8 Å². The van der Waals surface area contributed by atoms with Gasteiger partial charge < -0.3 is 15.8 Å². The lowest BCUT2D eigenvalue weighted by Gasteiger charge is -2.36. The first-order chi connectivity index (χ1) is 17.8. The van der Waals surface area contributed by atoms with Gasteiger partial charge >= 0.3 is 0 Å². The van der Waals surface area contributed by atoms with Crippen LogP contribution in [0.1, 0.15) is 48.8 Å². The van der Waals surface area contributed by atoms with Crippen molar-refractivity contribution >= 4 is 21.4 Å². The summed E-state index contributed by atoms with van der Waals surface area (Å²) in [6.45, 7) is 4.07. The minimum Gasteiger partial charge on any atom is -0.370 e. The van der Waals surface area contributed by atoms with Gasteiger partial charge in [-0.1, -0.05) is 13.8 Å². The fraction of sp³-hybridized carbons (Fsp3) is 0.346. The monoisotopic (exact) mass is 548 g/mol. The maximum absolute atomic E-state index is 14.7. The lowest BCUT2D eigenvalue weighted by atomic mass is 9.90. The number of nitrogens with one attached hydrogen (secondary N) is 1. The van der Waals surface area contributed by atoms with Crippen LogP contribution >= 0.6 is 0 Å². The highest BCUT2D eigenvalue weighted by atomic mass is 32.2. The lowest BCUT2D eigenvalue weighted by molar-refractivity contribution is -0.0787. The molecule has 1 aromatic carbocycles. The Bertz CT molecular complexity index is 1460. The van der Waals surface area contributed by atoms with Crippen molar-refractivity contribution in [1.82, 2.24) is 9.97 Å². The van der Waals surface area contributed by atoms with E-state index in [1.165, 1.54) is 6.20 Å². The molecule has 1 aliphatic heterocycles. The Morgan fingerprint density at radius 1 is 1.11 bits per heavy atom. The summed E-state index contributed by atoms with van der Waals surface area (Å²) in [4.78, 5) is 20.4. The first kappa shape index (κ1) is 27.7. The van der Waals surface area contributed by atoms with E-state index in [0.29, 0.717) is 36.2 Å². The highest BCUT2D eigenvalue weighted by Crippen LogP contribution is 2.36. The Morgan fingerprint density at radius 2 is 1.79 bits per heavy atom. The molecule has 2 aromatic heterocycles. The number of benzene rings is 1. The molecule has 38 heavy (non-hydrogen) atoms. The van der Waals surface area contributed by atoms with Gasteiger partial charge in [0.2, 0.25) is 0 Å². The molecule has 1 fully saturated rings. The maximum Gasteiger partial charge on any atom is 0.274 e. The molecule has 3 unspecified atom stereocenters. The van der Waals surface area contributed by atoms with Crippen LogP contribution in [0.25, 0.3) is 11.3 Å². The summed E-state index contributed by atoms with van der Waals surface area (Å²) in [5.41, 5.74) is 5.22. The number of pyridine rings is 2. The van der Waals surface area contributed by atoms with E-state index < -0.39 is 55.5 Å². The molecular formula is C26H27F3N4O4S. The predicted molar refractivity (Wildman–Crippen MR) is 135 cm³/mol. The molecule has 202 valence electrons. The van der Waals surface area contributed by atoms with E-state index in [2.05, 4.69) is 15.3 Å². The molecule has 0 spiro atoms. The quantitative estimate of drug-likeness (QED) is 0.467. The van der Waals surface area contributed by atoms with E-state index in [4.69, 9.17) is 10.5 Å². The number of hydrogen-bond donors (Lipinski definition) is 2. The number of amides is 1. The summed E-state index contributed by atoms with van der Waals surface area (Å²) in [7, 11) is -3.92. The second kappa shape index (κ2) is 10.8. The molecule has 3 atom stereocenters. The van der Waals surface area contributed by atoms with E-state index in [-0.39, 0.29) is 23.8 Å². The third kappa shape index (κ3) is 5.87. The van der Waals surface area contributed by atoms with Gasteiger partial charge in [0.25, 0.3) is 5.91 Å². The number of carbonyl (C=O) groups excluding carboxylic acids is 1. The first-order valence-electron chi connectivity index (χ1n) is 11.9. The smallest absolute Gasteiger partial charge is 0.274 e. The van der Waals surface area contributed by atoms with Gasteiger partial charge in [-0.15, -0.1) is 0 Å². The fourth-order valence-corrected chi connectivity index (χ4v) is 4.97. The van der Waals surface area contributed by atoms with Crippen molar-refractivity contribution in [2.75, 3.05) is 11.6 Å². The SMILES string of the molecule is CC(C)C1CC(N)CC(c2ccncc2NC(=O)c2ccc(F)c(-c3c(F)cc(S(C)(=O)=O)cc3F)n2)O1. The van der Waals surface area contributed by atoms with Crippen molar-refractivity contribution < 1.29 is 31.1 Å². The zero-order valence-electron chi connectivity index (χ0n) is 20.9. The van der Waals surface area contributed by atoms with Crippen molar-refractivity contribution in [3.63, 3.8) is 0 Å². The third-order valence-corrected chi connectivity index (χ3v) is 7.44. The van der Waals surface area contributed by atoms with Crippen LogP contribution < -0.4 is 11.1 Å². The molecule has 1 saturated heterocycles. The standard InChI is InChI=1S/C26H27F3N4O4S/c1-13(2)22-8-14(30)9-23(37-22)16-6-7-31-12-21(16)33-26(34)20-5-4-17(27)25(32-20)24-18(28)10-15(11-19(24)29)38(3,35)36/h4-7,10-14,22-23H,8-9,30H2,1-3H3,(H,33,34). The molecule has 3 heterocycles. The van der Waals surface area contributed by atoms with E-state index >= 15 is 0 Å². The van der Waals surface area contributed by atoms with Crippen molar-refractivity contribution in [1.29, 1.82) is 0 Å². The minimum absolute atomic E-state index is 0.0688. The predicted octanol–water partition coefficient (Wildman–Crippen LogP) is 4.42. The molecule has 0 saturated carbocycles. The molecule has 3 aromatic rings. The van der Waals surface area contributed by atoms with E-state index in [0.717, 1.165) is 18.4 Å². The summed E-state index contributed by atoms with van der Waals surface area (Å²) in [6, 6.07) is 4.66. The van der Waals surface area contributed by atoms with Crippen LogP contribution in [0.5, 0.6) is 0 Å². The Balaban J connectivity index is 1.65. The maximum atomic E-state index is 14.7. The minimum atomic E-state index is -3.92. The molecule has 12 heteroatoms. The molecule has 8 nitrogen and oxygen atoms in total. The van der Waals surface area contributed by atoms with Gasteiger partial charge in [-0.3, -0.25) is 9.78 Å². The number of carbonyl (C=O) groups is 1. The second-order valence-corrected chi connectivity index (χ2v) is 11.6. The van der Waals surface area contributed by atoms with E-state index in [9.17, 15) is 26.4 Å². The van der Waals surface area contributed by atoms with Gasteiger partial charge in [-0.25, -0.2) is 26.6 Å². The normalized spacial score (nSPS) is 19.9. The molecule has 4 rings (SSSR count). The number of anilines is 1. The number of rotatable bonds is 6. The Labute approximate surface area is 218 Å². The van der Waals surface area contributed by atoms with E-state index in [1.54, 1.807) is 12.3 Å². The van der Waals surface area contributed by atoms with Crippen LogP contribution in [-0.2, 0) is 14.6 Å². The molecular weight excluding hydrogens is 521 g/mol. The largest absolute Gasteiger partial charge is 0.370 e. The summed E-state index contributed by atoms with van der Waals surface area (Å²) < 4.78 is 73.6. The highest BCUT2D eigenvalue weighted by Gasteiger charge is 2.32. The Hall–Kier alpha value is -3.35. The van der Waals surface area contributed by atoms with Gasteiger partial charge in [0, 0.05) is 24.1 Å². The van der Waals surface area contributed by atoms with Gasteiger partial charge in [-0.05, 0) is 49.1 Å². The van der Waals surface area contributed by atoms with Crippen LogP contribution in [0.4, 0.5) is 18.9 Å². The average molecular weight is 549 g/mol.